The fourth-order valence-corrected chi connectivity index (χ4v) is 3.30. The van der Waals surface area contributed by atoms with Crippen LogP contribution < -0.4 is 11.0 Å². The molecular formula is C17H23N5O2. The van der Waals surface area contributed by atoms with Crippen LogP contribution in [0.3, 0.4) is 0 Å². The van der Waals surface area contributed by atoms with Gasteiger partial charge in [0.25, 0.3) is 0 Å². The normalized spacial score (nSPS) is 18.9. The number of H-pyrrole nitrogens is 2. The maximum Gasteiger partial charge on any atom is 0.340 e. The first kappa shape index (κ1) is 16.4. The second-order valence-corrected chi connectivity index (χ2v) is 6.51. The smallest absolute Gasteiger partial charge is 0.340 e. The summed E-state index contributed by atoms with van der Waals surface area (Å²) in [5.74, 6) is 0.419. The van der Waals surface area contributed by atoms with Gasteiger partial charge < -0.3 is 10.2 Å². The highest BCUT2D eigenvalue weighted by molar-refractivity contribution is 5.88. The Morgan fingerprint density at radius 3 is 2.54 bits per heavy atom. The lowest BCUT2D eigenvalue weighted by Crippen LogP contribution is -2.51. The summed E-state index contributed by atoms with van der Waals surface area (Å²) in [6.07, 6.45) is 1.53. The quantitative estimate of drug-likeness (QED) is 0.778. The van der Waals surface area contributed by atoms with Gasteiger partial charge in [-0.1, -0.05) is 30.3 Å². The van der Waals surface area contributed by atoms with E-state index in [1.807, 2.05) is 37.3 Å². The summed E-state index contributed by atoms with van der Waals surface area (Å²) < 4.78 is 0. The zero-order valence-corrected chi connectivity index (χ0v) is 14.0. The van der Waals surface area contributed by atoms with Gasteiger partial charge >= 0.3 is 5.69 Å². The van der Waals surface area contributed by atoms with Crippen molar-refractivity contribution in [1.82, 2.24) is 25.4 Å². The second kappa shape index (κ2) is 6.60. The summed E-state index contributed by atoms with van der Waals surface area (Å²) >= 11 is 0. The molecule has 1 amide bonds. The molecule has 7 nitrogen and oxygen atoms in total. The van der Waals surface area contributed by atoms with E-state index < -0.39 is 5.41 Å². The van der Waals surface area contributed by atoms with Gasteiger partial charge in [-0.05, 0) is 45.5 Å². The fraction of sp³-hybridized carbons (Fsp3) is 0.471. The van der Waals surface area contributed by atoms with Crippen LogP contribution in [0, 0.1) is 0 Å². The van der Waals surface area contributed by atoms with E-state index in [4.69, 9.17) is 0 Å². The molecule has 1 aromatic heterocycles. The number of nitrogens with zero attached hydrogens (tertiary/aromatic N) is 2. The highest BCUT2D eigenvalue weighted by atomic mass is 16.2. The molecule has 1 atom stereocenters. The molecule has 2 heterocycles. The van der Waals surface area contributed by atoms with Gasteiger partial charge in [0.2, 0.25) is 5.91 Å². The second-order valence-electron chi connectivity index (χ2n) is 6.51. The molecule has 7 heteroatoms. The third-order valence-corrected chi connectivity index (χ3v) is 4.88. The fourth-order valence-electron chi connectivity index (χ4n) is 3.30. The van der Waals surface area contributed by atoms with E-state index in [1.165, 1.54) is 0 Å². The summed E-state index contributed by atoms with van der Waals surface area (Å²) in [7, 11) is 2.07. The lowest BCUT2D eigenvalue weighted by molar-refractivity contribution is -0.129. The number of carbonyl (C=O) groups is 1. The molecule has 0 radical (unpaired) electrons. The van der Waals surface area contributed by atoms with Crippen LogP contribution in [0.15, 0.2) is 35.1 Å². The molecule has 0 unspecified atom stereocenters. The van der Waals surface area contributed by atoms with Crippen LogP contribution in [-0.2, 0) is 10.2 Å². The standard InChI is InChI=1S/C17H23N5O2/c1-12(14-19-16(24)21-20-14)18-15(23)17(8-10-22(2)11-9-17)13-6-4-3-5-7-13/h3-7,12H,8-11H2,1-2H3,(H,18,23)(H2,19,20,21,24)/t12-/m1/s1. The van der Waals surface area contributed by atoms with Crippen molar-refractivity contribution in [3.8, 4) is 0 Å². The van der Waals surface area contributed by atoms with Crippen molar-refractivity contribution in [3.63, 3.8) is 0 Å². The number of aromatic nitrogens is 3. The number of piperidine rings is 1. The van der Waals surface area contributed by atoms with E-state index in [-0.39, 0.29) is 17.6 Å². The number of nitrogens with one attached hydrogen (secondary N) is 3. The Bertz CT molecular complexity index is 744. The predicted octanol–water partition coefficient (Wildman–Crippen LogP) is 0.939. The minimum atomic E-state index is -0.543. The molecule has 2 aromatic rings. The van der Waals surface area contributed by atoms with Gasteiger partial charge in [-0.3, -0.25) is 9.78 Å². The molecule has 3 rings (SSSR count). The summed E-state index contributed by atoms with van der Waals surface area (Å²) in [6.45, 7) is 3.56. The Balaban J connectivity index is 1.85. The van der Waals surface area contributed by atoms with Crippen molar-refractivity contribution in [2.75, 3.05) is 20.1 Å². The molecule has 0 bridgehead atoms. The molecule has 0 saturated carbocycles. The van der Waals surface area contributed by atoms with E-state index in [0.717, 1.165) is 31.5 Å². The topological polar surface area (TPSA) is 93.9 Å². The molecule has 24 heavy (non-hydrogen) atoms. The third kappa shape index (κ3) is 3.12. The summed E-state index contributed by atoms with van der Waals surface area (Å²) in [6, 6.07) is 9.57. The molecular weight excluding hydrogens is 306 g/mol. The maximum absolute atomic E-state index is 13.2. The van der Waals surface area contributed by atoms with Crippen molar-refractivity contribution in [2.45, 2.75) is 31.2 Å². The molecule has 1 aromatic carbocycles. The number of benzene rings is 1. The van der Waals surface area contributed by atoms with Crippen LogP contribution in [0.1, 0.15) is 37.2 Å². The molecule has 1 aliphatic heterocycles. The number of aromatic amines is 2. The highest BCUT2D eigenvalue weighted by Gasteiger charge is 2.42. The Morgan fingerprint density at radius 1 is 1.29 bits per heavy atom. The van der Waals surface area contributed by atoms with Gasteiger partial charge in [-0.25, -0.2) is 9.89 Å². The SMILES string of the molecule is C[C@@H](NC(=O)C1(c2ccccc2)CCN(C)CC1)c1n[nH]c(=O)[nH]1. The summed E-state index contributed by atoms with van der Waals surface area (Å²) in [5.41, 5.74) is 0.125. The third-order valence-electron chi connectivity index (χ3n) is 4.88. The highest BCUT2D eigenvalue weighted by Crippen LogP contribution is 2.36. The number of hydrogen-bond donors (Lipinski definition) is 3. The molecule has 0 spiro atoms. The Hall–Kier alpha value is -2.41. The van der Waals surface area contributed by atoms with Gasteiger partial charge in [-0.15, -0.1) is 0 Å². The van der Waals surface area contributed by atoms with E-state index >= 15 is 0 Å². The maximum atomic E-state index is 13.2. The van der Waals surface area contributed by atoms with Crippen molar-refractivity contribution < 1.29 is 4.79 Å². The minimum absolute atomic E-state index is 0.0156. The lowest BCUT2D eigenvalue weighted by atomic mass is 9.72. The molecule has 1 fully saturated rings. The summed E-state index contributed by atoms with van der Waals surface area (Å²) in [5, 5.41) is 9.26. The van der Waals surface area contributed by atoms with Gasteiger partial charge in [0.1, 0.15) is 0 Å². The Kier molecular flexibility index (Phi) is 4.53. The Morgan fingerprint density at radius 2 is 1.96 bits per heavy atom. The van der Waals surface area contributed by atoms with Crippen LogP contribution in [0.4, 0.5) is 0 Å². The van der Waals surface area contributed by atoms with E-state index in [9.17, 15) is 9.59 Å². The minimum Gasteiger partial charge on any atom is -0.346 e. The van der Waals surface area contributed by atoms with Crippen molar-refractivity contribution in [1.29, 1.82) is 0 Å². The number of hydrogen-bond acceptors (Lipinski definition) is 4. The lowest BCUT2D eigenvalue weighted by Gasteiger charge is -2.40. The van der Waals surface area contributed by atoms with Crippen LogP contribution in [0.5, 0.6) is 0 Å². The van der Waals surface area contributed by atoms with E-state index in [1.54, 1.807) is 0 Å². The van der Waals surface area contributed by atoms with Gasteiger partial charge in [-0.2, -0.15) is 5.10 Å². The van der Waals surface area contributed by atoms with Crippen LogP contribution >= 0.6 is 0 Å². The number of amides is 1. The van der Waals surface area contributed by atoms with Gasteiger partial charge in [0.05, 0.1) is 11.5 Å². The zero-order chi connectivity index (χ0) is 17.2. The first-order chi connectivity index (χ1) is 11.5. The molecule has 1 aliphatic rings. The monoisotopic (exact) mass is 329 g/mol. The predicted molar refractivity (Wildman–Crippen MR) is 90.6 cm³/mol. The van der Waals surface area contributed by atoms with Crippen molar-refractivity contribution >= 4 is 5.91 Å². The number of likely N-dealkylation sites (tertiary alicyclic amines) is 1. The number of rotatable bonds is 4. The molecule has 1 saturated heterocycles. The average Bonchev–Trinajstić information content (AvgIpc) is 3.03. The largest absolute Gasteiger partial charge is 0.346 e. The van der Waals surface area contributed by atoms with Crippen molar-refractivity contribution in [2.24, 2.45) is 0 Å². The van der Waals surface area contributed by atoms with E-state index in [0.29, 0.717) is 5.82 Å². The zero-order valence-electron chi connectivity index (χ0n) is 14.0. The van der Waals surface area contributed by atoms with E-state index in [2.05, 4.69) is 32.4 Å². The molecule has 0 aliphatic carbocycles. The average molecular weight is 329 g/mol. The number of carbonyl (C=O) groups excluding carboxylic acids is 1. The van der Waals surface area contributed by atoms with Crippen LogP contribution in [0.2, 0.25) is 0 Å². The summed E-state index contributed by atoms with van der Waals surface area (Å²) in [4.78, 5) is 29.2. The molecule has 3 N–H and O–H groups in total. The first-order valence-corrected chi connectivity index (χ1v) is 8.21. The van der Waals surface area contributed by atoms with Crippen LogP contribution in [0.25, 0.3) is 0 Å². The molecule has 128 valence electrons. The van der Waals surface area contributed by atoms with Gasteiger partial charge in [0.15, 0.2) is 5.82 Å². The first-order valence-electron chi connectivity index (χ1n) is 8.21. The van der Waals surface area contributed by atoms with Crippen LogP contribution in [-0.4, -0.2) is 46.1 Å². The van der Waals surface area contributed by atoms with Gasteiger partial charge in [0, 0.05) is 0 Å². The Labute approximate surface area is 140 Å². The van der Waals surface area contributed by atoms with Crippen molar-refractivity contribution in [3.05, 3.63) is 52.2 Å².